The van der Waals surface area contributed by atoms with Gasteiger partial charge >= 0.3 is 0 Å². The third-order valence-electron chi connectivity index (χ3n) is 1.41. The highest BCUT2D eigenvalue weighted by Gasteiger charge is 2.19. The molecule has 0 aliphatic heterocycles. The molecule has 0 bridgehead atoms. The second kappa shape index (κ2) is 4.61. The molecule has 1 atom stereocenters. The largest absolute Gasteiger partial charge is 0.288 e. The summed E-state index contributed by atoms with van der Waals surface area (Å²) in [5.41, 5.74) is 0. The molecule has 74 valence electrons. The van der Waals surface area contributed by atoms with E-state index in [-0.39, 0.29) is 12.1 Å². The van der Waals surface area contributed by atoms with Gasteiger partial charge in [0.25, 0.3) is 0 Å². The van der Waals surface area contributed by atoms with Gasteiger partial charge in [-0.2, -0.15) is 5.20 Å². The molecule has 3 nitrogen and oxygen atoms in total. The molecule has 1 N–H and O–H groups in total. The number of hydrazine groups is 1. The highest BCUT2D eigenvalue weighted by molar-refractivity contribution is 7.86. The molecule has 0 heterocycles. The lowest BCUT2D eigenvalue weighted by atomic mass is 10.3. The van der Waals surface area contributed by atoms with Gasteiger partial charge in [-0.1, -0.05) is 0 Å². The quantitative estimate of drug-likeness (QED) is 0.575. The summed E-state index contributed by atoms with van der Waals surface area (Å²) < 4.78 is 11.2. The monoisotopic (exact) mass is 212 g/mol. The Kier molecular flexibility index (Phi) is 4.78. The minimum absolute atomic E-state index is 0.289. The van der Waals surface area contributed by atoms with Gasteiger partial charge in [0.15, 0.2) is 0 Å². The zero-order valence-electron chi connectivity index (χ0n) is 8.34. The Hall–Kier alpha value is 0.440. The van der Waals surface area contributed by atoms with Crippen LogP contribution in [-0.4, -0.2) is 23.8 Å². The first-order valence-corrected chi connectivity index (χ1v) is 7.13. The lowest BCUT2D eigenvalue weighted by Crippen LogP contribution is -2.44. The van der Waals surface area contributed by atoms with Crippen LogP contribution in [0.1, 0.15) is 27.7 Å². The molecule has 5 heteroatoms. The van der Waals surface area contributed by atoms with Crippen molar-refractivity contribution in [2.75, 3.05) is 6.66 Å². The Morgan fingerprint density at radius 2 is 1.58 bits per heavy atom. The first kappa shape index (κ1) is 12.4. The summed E-state index contributed by atoms with van der Waals surface area (Å²) in [5, 5.41) is 4.71. The summed E-state index contributed by atoms with van der Waals surface area (Å²) in [6, 6.07) is 0.578. The molecule has 1 unspecified atom stereocenters. The van der Waals surface area contributed by atoms with Crippen LogP contribution in [0.5, 0.6) is 0 Å². The normalized spacial score (nSPS) is 17.4. The molecule has 0 aliphatic carbocycles. The molecular weight excluding hydrogens is 195 g/mol. The molecule has 0 fully saturated rings. The number of nitrogens with zero attached hydrogens (tertiary/aromatic N) is 1. The van der Waals surface area contributed by atoms with Crippen molar-refractivity contribution < 1.29 is 4.57 Å². The summed E-state index contributed by atoms with van der Waals surface area (Å²) in [4.78, 5) is 0. The zero-order chi connectivity index (χ0) is 9.94. The molecule has 0 spiro atoms. The van der Waals surface area contributed by atoms with E-state index in [9.17, 15) is 4.57 Å². The van der Waals surface area contributed by atoms with Crippen molar-refractivity contribution in [1.82, 2.24) is 10.2 Å². The van der Waals surface area contributed by atoms with Crippen LogP contribution >= 0.6 is 17.9 Å². The smallest absolute Gasteiger partial charge is 0.242 e. The number of rotatable bonds is 4. The SMILES string of the molecule is CC(C)N(NP(C)(=O)Cl)C(C)C. The van der Waals surface area contributed by atoms with Crippen molar-refractivity contribution in [3.63, 3.8) is 0 Å². The topological polar surface area (TPSA) is 32.3 Å². The Morgan fingerprint density at radius 3 is 1.67 bits per heavy atom. The number of hydrogen-bond donors (Lipinski definition) is 1. The van der Waals surface area contributed by atoms with Crippen LogP contribution < -0.4 is 5.20 Å². The fourth-order valence-corrected chi connectivity index (χ4v) is 2.17. The van der Waals surface area contributed by atoms with Crippen LogP contribution in [0.4, 0.5) is 0 Å². The highest BCUT2D eigenvalue weighted by atomic mass is 35.7. The van der Waals surface area contributed by atoms with E-state index in [1.807, 2.05) is 32.7 Å². The second-order valence-corrected chi connectivity index (χ2v) is 7.29. The maximum Gasteiger partial charge on any atom is 0.242 e. The van der Waals surface area contributed by atoms with E-state index < -0.39 is 6.65 Å². The van der Waals surface area contributed by atoms with E-state index in [4.69, 9.17) is 11.2 Å². The van der Waals surface area contributed by atoms with Gasteiger partial charge in [0.2, 0.25) is 6.65 Å². The van der Waals surface area contributed by atoms with Crippen molar-refractivity contribution in [2.45, 2.75) is 39.8 Å². The summed E-state index contributed by atoms with van der Waals surface area (Å²) in [7, 11) is 0. The molecule has 0 saturated heterocycles. The van der Waals surface area contributed by atoms with Crippen molar-refractivity contribution >= 4 is 17.9 Å². The van der Waals surface area contributed by atoms with Crippen molar-refractivity contribution in [2.24, 2.45) is 0 Å². The third-order valence-corrected chi connectivity index (χ3v) is 2.22. The van der Waals surface area contributed by atoms with Crippen molar-refractivity contribution in [1.29, 1.82) is 0 Å². The summed E-state index contributed by atoms with van der Waals surface area (Å²) >= 11 is 5.62. The minimum Gasteiger partial charge on any atom is -0.288 e. The van der Waals surface area contributed by atoms with Crippen LogP contribution in [0.25, 0.3) is 0 Å². The highest BCUT2D eigenvalue weighted by Crippen LogP contribution is 2.42. The Balaban J connectivity index is 4.25. The van der Waals surface area contributed by atoms with Gasteiger partial charge in [0.1, 0.15) is 0 Å². The minimum atomic E-state index is -2.68. The summed E-state index contributed by atoms with van der Waals surface area (Å²) in [6.07, 6.45) is 0. The van der Waals surface area contributed by atoms with Crippen LogP contribution in [-0.2, 0) is 4.57 Å². The first-order valence-electron chi connectivity index (χ1n) is 4.07. The second-order valence-electron chi connectivity index (χ2n) is 3.51. The Bertz CT molecular complexity index is 170. The predicted octanol–water partition coefficient (Wildman–Crippen LogP) is 2.67. The number of halogens is 1. The van der Waals surface area contributed by atoms with Gasteiger partial charge in [0.05, 0.1) is 0 Å². The molecule has 0 saturated carbocycles. The Labute approximate surface area is 79.7 Å². The molecule has 0 aromatic carbocycles. The van der Waals surface area contributed by atoms with Crippen molar-refractivity contribution in [3.8, 4) is 0 Å². The van der Waals surface area contributed by atoms with E-state index >= 15 is 0 Å². The first-order chi connectivity index (χ1) is 5.24. The molecule has 0 aliphatic rings. The predicted molar refractivity (Wildman–Crippen MR) is 54.6 cm³/mol. The number of nitrogens with one attached hydrogen (secondary N) is 1. The average Bonchev–Trinajstić information content (AvgIpc) is 1.79. The van der Waals surface area contributed by atoms with Crippen LogP contribution in [0.3, 0.4) is 0 Å². The zero-order valence-corrected chi connectivity index (χ0v) is 9.99. The van der Waals surface area contributed by atoms with Gasteiger partial charge < -0.3 is 0 Å². The van der Waals surface area contributed by atoms with Gasteiger partial charge in [-0.05, 0) is 38.9 Å². The molecule has 0 amide bonds. The Morgan fingerprint density at radius 1 is 1.25 bits per heavy atom. The molecule has 0 radical (unpaired) electrons. The lowest BCUT2D eigenvalue weighted by Gasteiger charge is -2.31. The summed E-state index contributed by atoms with van der Waals surface area (Å²) in [6.45, 7) is 6.93. The van der Waals surface area contributed by atoms with E-state index in [1.54, 1.807) is 0 Å². The van der Waals surface area contributed by atoms with Crippen molar-refractivity contribution in [3.05, 3.63) is 0 Å². The van der Waals surface area contributed by atoms with Crippen LogP contribution in [0.15, 0.2) is 0 Å². The molecular formula is C7H18ClN2OP. The maximum absolute atomic E-state index is 11.2. The average molecular weight is 213 g/mol. The molecule has 0 rings (SSSR count). The lowest BCUT2D eigenvalue weighted by molar-refractivity contribution is 0.146. The van der Waals surface area contributed by atoms with Gasteiger partial charge in [-0.3, -0.25) is 4.57 Å². The standard InChI is InChI=1S/C7H18ClN2OP/c1-6(2)10(7(3)4)9-12(5,8)11/h6-7H,1-5H3,(H,9,11). The van der Waals surface area contributed by atoms with Crippen LogP contribution in [0.2, 0.25) is 0 Å². The van der Waals surface area contributed by atoms with Gasteiger partial charge in [-0.25, -0.2) is 5.01 Å². The maximum atomic E-state index is 11.2. The molecule has 0 aromatic rings. The van der Waals surface area contributed by atoms with Gasteiger partial charge in [-0.15, -0.1) is 0 Å². The van der Waals surface area contributed by atoms with Gasteiger partial charge in [0, 0.05) is 18.7 Å². The summed E-state index contributed by atoms with van der Waals surface area (Å²) in [5.74, 6) is 0. The van der Waals surface area contributed by atoms with E-state index in [2.05, 4.69) is 5.20 Å². The molecule has 0 aromatic heterocycles. The fourth-order valence-electron chi connectivity index (χ4n) is 1.03. The van der Waals surface area contributed by atoms with E-state index in [1.165, 1.54) is 6.66 Å². The third kappa shape index (κ3) is 5.15. The van der Waals surface area contributed by atoms with E-state index in [0.717, 1.165) is 0 Å². The fraction of sp³-hybridized carbons (Fsp3) is 1.00. The number of hydrogen-bond acceptors (Lipinski definition) is 2. The van der Waals surface area contributed by atoms with E-state index in [0.29, 0.717) is 0 Å². The molecule has 12 heavy (non-hydrogen) atoms. The van der Waals surface area contributed by atoms with Crippen LogP contribution in [0, 0.1) is 0 Å².